The molecule has 0 fully saturated rings. The summed E-state index contributed by atoms with van der Waals surface area (Å²) in [6.45, 7) is 2.00. The zero-order valence-electron chi connectivity index (χ0n) is 9.69. The lowest BCUT2D eigenvalue weighted by atomic mass is 10.1. The summed E-state index contributed by atoms with van der Waals surface area (Å²) >= 11 is 9.49. The number of hydrogen-bond acceptors (Lipinski definition) is 1. The van der Waals surface area contributed by atoms with E-state index in [-0.39, 0.29) is 0 Å². The molecule has 0 aliphatic carbocycles. The molecule has 90 valence electrons. The molecular weight excluding hydrogens is 312 g/mol. The van der Waals surface area contributed by atoms with Gasteiger partial charge in [0.1, 0.15) is 5.65 Å². The van der Waals surface area contributed by atoms with Crippen LogP contribution >= 0.6 is 27.5 Å². The molecule has 2 aromatic heterocycles. The summed E-state index contributed by atoms with van der Waals surface area (Å²) in [5.74, 6) is 0. The van der Waals surface area contributed by atoms with Crippen molar-refractivity contribution in [3.05, 3.63) is 57.8 Å². The SMILES string of the molecule is Cc1cc(-c2cn3cc(Br)ccc3n2)ccc1Cl. The van der Waals surface area contributed by atoms with Gasteiger partial charge in [0, 0.05) is 27.5 Å². The second-order valence-corrected chi connectivity index (χ2v) is 5.53. The van der Waals surface area contributed by atoms with Gasteiger partial charge in [-0.25, -0.2) is 4.98 Å². The summed E-state index contributed by atoms with van der Waals surface area (Å²) < 4.78 is 3.04. The molecule has 2 nitrogen and oxygen atoms in total. The summed E-state index contributed by atoms with van der Waals surface area (Å²) in [5, 5.41) is 0.783. The molecule has 3 aromatic rings. The van der Waals surface area contributed by atoms with Crippen molar-refractivity contribution in [3.63, 3.8) is 0 Å². The van der Waals surface area contributed by atoms with Gasteiger partial charge >= 0.3 is 0 Å². The predicted molar refractivity (Wildman–Crippen MR) is 78.1 cm³/mol. The highest BCUT2D eigenvalue weighted by atomic mass is 79.9. The van der Waals surface area contributed by atoms with Gasteiger partial charge in [-0.2, -0.15) is 0 Å². The maximum atomic E-state index is 6.04. The Morgan fingerprint density at radius 1 is 1.17 bits per heavy atom. The van der Waals surface area contributed by atoms with E-state index >= 15 is 0 Å². The van der Waals surface area contributed by atoms with Crippen LogP contribution in [0.2, 0.25) is 5.02 Å². The summed E-state index contributed by atoms with van der Waals surface area (Å²) in [6, 6.07) is 9.92. The molecule has 0 amide bonds. The Morgan fingerprint density at radius 3 is 2.78 bits per heavy atom. The largest absolute Gasteiger partial charge is 0.305 e. The normalized spacial score (nSPS) is 11.1. The third-order valence-electron chi connectivity index (χ3n) is 2.87. The first-order valence-electron chi connectivity index (χ1n) is 5.54. The second kappa shape index (κ2) is 4.41. The molecular formula is C14H10BrClN2. The lowest BCUT2D eigenvalue weighted by Crippen LogP contribution is -1.80. The van der Waals surface area contributed by atoms with E-state index in [2.05, 4.69) is 27.0 Å². The lowest BCUT2D eigenvalue weighted by molar-refractivity contribution is 1.17. The van der Waals surface area contributed by atoms with Crippen molar-refractivity contribution in [1.29, 1.82) is 0 Å². The highest BCUT2D eigenvalue weighted by Gasteiger charge is 2.06. The number of aromatic nitrogens is 2. The molecule has 2 heterocycles. The third-order valence-corrected chi connectivity index (χ3v) is 3.76. The first kappa shape index (κ1) is 11.8. The van der Waals surface area contributed by atoms with E-state index in [1.54, 1.807) is 0 Å². The van der Waals surface area contributed by atoms with Crippen LogP contribution in [0.3, 0.4) is 0 Å². The van der Waals surface area contributed by atoms with Crippen LogP contribution < -0.4 is 0 Å². The minimum Gasteiger partial charge on any atom is -0.305 e. The minimum atomic E-state index is 0.783. The second-order valence-electron chi connectivity index (χ2n) is 4.20. The van der Waals surface area contributed by atoms with Gasteiger partial charge in [-0.3, -0.25) is 0 Å². The summed E-state index contributed by atoms with van der Waals surface area (Å²) in [7, 11) is 0. The molecule has 0 saturated heterocycles. The molecule has 0 aliphatic rings. The molecule has 4 heteroatoms. The van der Waals surface area contributed by atoms with Crippen LogP contribution in [0.4, 0.5) is 0 Å². The van der Waals surface area contributed by atoms with Crippen LogP contribution in [-0.4, -0.2) is 9.38 Å². The van der Waals surface area contributed by atoms with E-state index in [4.69, 9.17) is 11.6 Å². The van der Waals surface area contributed by atoms with Crippen molar-refractivity contribution in [2.75, 3.05) is 0 Å². The third kappa shape index (κ3) is 2.04. The minimum absolute atomic E-state index is 0.783. The number of fused-ring (bicyclic) bond motifs is 1. The van der Waals surface area contributed by atoms with Crippen LogP contribution in [-0.2, 0) is 0 Å². The monoisotopic (exact) mass is 320 g/mol. The van der Waals surface area contributed by atoms with Crippen molar-refractivity contribution in [1.82, 2.24) is 9.38 Å². The van der Waals surface area contributed by atoms with Crippen molar-refractivity contribution in [2.24, 2.45) is 0 Å². The highest BCUT2D eigenvalue weighted by molar-refractivity contribution is 9.10. The van der Waals surface area contributed by atoms with E-state index in [0.29, 0.717) is 0 Å². The molecule has 0 N–H and O–H groups in total. The number of benzene rings is 1. The predicted octanol–water partition coefficient (Wildman–Crippen LogP) is 4.73. The fraction of sp³-hybridized carbons (Fsp3) is 0.0714. The first-order valence-corrected chi connectivity index (χ1v) is 6.71. The van der Waals surface area contributed by atoms with Gasteiger partial charge in [0.25, 0.3) is 0 Å². The van der Waals surface area contributed by atoms with Crippen molar-refractivity contribution in [3.8, 4) is 11.3 Å². The molecule has 0 atom stereocenters. The Morgan fingerprint density at radius 2 is 2.00 bits per heavy atom. The Labute approximate surface area is 118 Å². The first-order chi connectivity index (χ1) is 8.63. The van der Waals surface area contributed by atoms with Gasteiger partial charge in [-0.1, -0.05) is 17.7 Å². The van der Waals surface area contributed by atoms with Crippen LogP contribution in [0.15, 0.2) is 47.2 Å². The number of rotatable bonds is 1. The van der Waals surface area contributed by atoms with Gasteiger partial charge in [0.05, 0.1) is 5.69 Å². The van der Waals surface area contributed by atoms with E-state index < -0.39 is 0 Å². The molecule has 0 unspecified atom stereocenters. The van der Waals surface area contributed by atoms with E-state index in [1.165, 1.54) is 0 Å². The number of imidazole rings is 1. The van der Waals surface area contributed by atoms with Crippen LogP contribution in [0.1, 0.15) is 5.56 Å². The zero-order chi connectivity index (χ0) is 12.7. The summed E-state index contributed by atoms with van der Waals surface area (Å²) in [5.41, 5.74) is 4.03. The molecule has 18 heavy (non-hydrogen) atoms. The van der Waals surface area contributed by atoms with E-state index in [9.17, 15) is 0 Å². The van der Waals surface area contributed by atoms with E-state index in [0.717, 1.165) is 32.0 Å². The van der Waals surface area contributed by atoms with Crippen molar-refractivity contribution in [2.45, 2.75) is 6.92 Å². The van der Waals surface area contributed by atoms with Gasteiger partial charge in [-0.05, 0) is 52.7 Å². The fourth-order valence-electron chi connectivity index (χ4n) is 1.91. The molecule has 1 aromatic carbocycles. The van der Waals surface area contributed by atoms with Crippen LogP contribution in [0, 0.1) is 6.92 Å². The lowest BCUT2D eigenvalue weighted by Gasteiger charge is -2.00. The Hall–Kier alpha value is -1.32. The van der Waals surface area contributed by atoms with Gasteiger partial charge in [0.2, 0.25) is 0 Å². The molecule has 0 bridgehead atoms. The number of pyridine rings is 1. The van der Waals surface area contributed by atoms with Gasteiger partial charge in [0.15, 0.2) is 0 Å². The maximum Gasteiger partial charge on any atom is 0.137 e. The zero-order valence-corrected chi connectivity index (χ0v) is 12.0. The number of hydrogen-bond donors (Lipinski definition) is 0. The Balaban J connectivity index is 2.16. The van der Waals surface area contributed by atoms with Crippen LogP contribution in [0.25, 0.3) is 16.9 Å². The van der Waals surface area contributed by atoms with Crippen molar-refractivity contribution >= 4 is 33.2 Å². The van der Waals surface area contributed by atoms with Gasteiger partial charge < -0.3 is 4.40 Å². The summed E-state index contributed by atoms with van der Waals surface area (Å²) in [6.07, 6.45) is 4.01. The molecule has 0 saturated carbocycles. The number of halogens is 2. The quantitative estimate of drug-likeness (QED) is 0.633. The molecule has 3 rings (SSSR count). The molecule has 0 spiro atoms. The fourth-order valence-corrected chi connectivity index (χ4v) is 2.38. The standard InChI is InChI=1S/C14H10BrClN2/c1-9-6-10(2-4-12(9)16)13-8-18-7-11(15)3-5-14(18)17-13/h2-8H,1H3. The molecule has 0 aliphatic heterocycles. The van der Waals surface area contributed by atoms with Crippen molar-refractivity contribution < 1.29 is 0 Å². The summed E-state index contributed by atoms with van der Waals surface area (Å²) in [4.78, 5) is 4.59. The number of aryl methyl sites for hydroxylation is 1. The Kier molecular flexibility index (Phi) is 2.88. The topological polar surface area (TPSA) is 17.3 Å². The van der Waals surface area contributed by atoms with Gasteiger partial charge in [-0.15, -0.1) is 0 Å². The average Bonchev–Trinajstić information content (AvgIpc) is 2.75. The number of nitrogens with zero attached hydrogens (tertiary/aromatic N) is 2. The molecule has 0 radical (unpaired) electrons. The average molecular weight is 322 g/mol. The highest BCUT2D eigenvalue weighted by Crippen LogP contribution is 2.25. The van der Waals surface area contributed by atoms with E-state index in [1.807, 2.05) is 48.0 Å². The Bertz CT molecular complexity index is 734. The maximum absolute atomic E-state index is 6.04. The smallest absolute Gasteiger partial charge is 0.137 e. The van der Waals surface area contributed by atoms with Crippen LogP contribution in [0.5, 0.6) is 0 Å².